The van der Waals surface area contributed by atoms with Crippen molar-refractivity contribution in [2.45, 2.75) is 0 Å². The van der Waals surface area contributed by atoms with Gasteiger partial charge in [-0.25, -0.2) is 0 Å². The number of rotatable bonds is 8. The van der Waals surface area contributed by atoms with E-state index < -0.39 is 0 Å². The molecule has 0 bridgehead atoms. The molecule has 0 atom stereocenters. The quantitative estimate of drug-likeness (QED) is 0.142. The van der Waals surface area contributed by atoms with Gasteiger partial charge in [0.1, 0.15) is 0 Å². The summed E-state index contributed by atoms with van der Waals surface area (Å²) in [7, 11) is 0. The molecule has 14 rings (SSSR count). The molecule has 0 N–H and O–H groups in total. The van der Waals surface area contributed by atoms with Crippen LogP contribution in [0.15, 0.2) is 267 Å². The maximum atomic E-state index is 4.82. The second-order valence-electron chi connectivity index (χ2n) is 18.5. The van der Waals surface area contributed by atoms with Gasteiger partial charge in [0.2, 0.25) is 0 Å². The zero-order valence-electron chi connectivity index (χ0n) is 39.2. The molecule has 4 heteroatoms. The predicted octanol–water partition coefficient (Wildman–Crippen LogP) is 18.3. The number of hydrogen-bond donors (Lipinski definition) is 0. The number of fused-ring (bicyclic) bond motifs is 7. The summed E-state index contributed by atoms with van der Waals surface area (Å²) >= 11 is 0. The number of nitrogens with zero attached hydrogens (tertiary/aromatic N) is 4. The van der Waals surface area contributed by atoms with Crippen LogP contribution in [0.4, 0.5) is 17.1 Å². The van der Waals surface area contributed by atoms with Gasteiger partial charge in [0.25, 0.3) is 0 Å². The van der Waals surface area contributed by atoms with E-state index in [2.05, 4.69) is 252 Å². The Kier molecular flexibility index (Phi) is 9.82. The summed E-state index contributed by atoms with van der Waals surface area (Å²) in [6.45, 7) is 0. The van der Waals surface area contributed by atoms with Crippen molar-refractivity contribution in [3.8, 4) is 50.2 Å². The molecule has 0 amide bonds. The zero-order valence-corrected chi connectivity index (χ0v) is 39.2. The molecule has 0 saturated carbocycles. The van der Waals surface area contributed by atoms with Gasteiger partial charge in [0.15, 0.2) is 0 Å². The van der Waals surface area contributed by atoms with Crippen LogP contribution in [0.5, 0.6) is 0 Å². The second kappa shape index (κ2) is 17.1. The van der Waals surface area contributed by atoms with E-state index in [1.54, 1.807) is 0 Å². The van der Waals surface area contributed by atoms with E-state index in [9.17, 15) is 0 Å². The van der Waals surface area contributed by atoms with Gasteiger partial charge in [0, 0.05) is 62.0 Å². The van der Waals surface area contributed by atoms with E-state index in [-0.39, 0.29) is 0 Å². The third-order valence-corrected chi connectivity index (χ3v) is 14.4. The molecule has 0 aliphatic heterocycles. The molecule has 0 unspecified atom stereocenters. The predicted molar refractivity (Wildman–Crippen MR) is 303 cm³/mol. The van der Waals surface area contributed by atoms with Crippen LogP contribution >= 0.6 is 0 Å². The van der Waals surface area contributed by atoms with Crippen LogP contribution in [0, 0.1) is 0 Å². The van der Waals surface area contributed by atoms with E-state index in [1.165, 1.54) is 38.2 Å². The number of benzene rings is 11. The number of pyridine rings is 2. The average Bonchev–Trinajstić information content (AvgIpc) is 3.78. The van der Waals surface area contributed by atoms with Crippen molar-refractivity contribution in [1.82, 2.24) is 14.5 Å². The minimum absolute atomic E-state index is 0.968. The van der Waals surface area contributed by atoms with Gasteiger partial charge >= 0.3 is 0 Å². The van der Waals surface area contributed by atoms with Gasteiger partial charge in [-0.15, -0.1) is 0 Å². The van der Waals surface area contributed by atoms with Crippen molar-refractivity contribution in [3.05, 3.63) is 267 Å². The van der Waals surface area contributed by atoms with Gasteiger partial charge in [-0.05, 0) is 134 Å². The molecule has 0 radical (unpaired) electrons. The highest BCUT2D eigenvalue weighted by molar-refractivity contribution is 6.27. The molecule has 3 aromatic heterocycles. The first kappa shape index (κ1) is 41.3. The van der Waals surface area contributed by atoms with Gasteiger partial charge in [-0.3, -0.25) is 9.97 Å². The summed E-state index contributed by atoms with van der Waals surface area (Å²) in [4.78, 5) is 12.1. The normalized spacial score (nSPS) is 11.6. The third kappa shape index (κ3) is 6.76. The largest absolute Gasteiger partial charge is 0.310 e. The smallest absolute Gasteiger partial charge is 0.0708 e. The lowest BCUT2D eigenvalue weighted by Gasteiger charge is -2.30. The van der Waals surface area contributed by atoms with E-state index >= 15 is 0 Å². The monoisotopic (exact) mass is 916 g/mol. The number of para-hydroxylation sites is 3. The third-order valence-electron chi connectivity index (χ3n) is 14.4. The molecule has 0 aliphatic rings. The van der Waals surface area contributed by atoms with Gasteiger partial charge in [-0.1, -0.05) is 176 Å². The molecule has 11 aromatic carbocycles. The number of hydrogen-bond acceptors (Lipinski definition) is 3. The minimum Gasteiger partial charge on any atom is -0.310 e. The molecule has 336 valence electrons. The summed E-state index contributed by atoms with van der Waals surface area (Å²) in [6.07, 6.45) is 3.76. The Balaban J connectivity index is 1.11. The van der Waals surface area contributed by atoms with Crippen molar-refractivity contribution in [2.24, 2.45) is 0 Å². The van der Waals surface area contributed by atoms with Gasteiger partial charge in [0.05, 0.1) is 27.8 Å². The van der Waals surface area contributed by atoms with Crippen LogP contribution in [0.1, 0.15) is 0 Å². The molecule has 4 nitrogen and oxygen atoms in total. The lowest BCUT2D eigenvalue weighted by Crippen LogP contribution is -2.11. The molecular weight excluding hydrogens is 873 g/mol. The molecule has 14 aromatic rings. The Labute approximate surface area is 417 Å². The summed E-state index contributed by atoms with van der Waals surface area (Å²) in [5, 5.41) is 9.29. The molecule has 0 fully saturated rings. The maximum Gasteiger partial charge on any atom is 0.0708 e. The van der Waals surface area contributed by atoms with E-state index in [4.69, 9.17) is 9.97 Å². The number of anilines is 3. The Morgan fingerprint density at radius 2 is 0.847 bits per heavy atom. The van der Waals surface area contributed by atoms with Crippen LogP contribution in [0.2, 0.25) is 0 Å². The maximum absolute atomic E-state index is 4.82. The standard InChI is InChI=1S/C68H44N4/c1-3-20-49(21-4-1)71(51-38-39-64-60(44-51)54-26-13-14-32-63(54)72(64)50-22-5-2-6-23-50)65-33-15-31-59-66(55-27-9-7-24-52(55)47-36-34-45-18-16-40-69-61(45)42-47)57-29-11-12-30-58(57)67(68(59)65)56-28-10-8-25-53(56)48-37-35-46-19-17-41-70-62(46)43-48/h1-44H. The van der Waals surface area contributed by atoms with Crippen LogP contribution < -0.4 is 4.90 Å². The van der Waals surface area contributed by atoms with E-state index in [0.29, 0.717) is 0 Å². The van der Waals surface area contributed by atoms with Crippen molar-refractivity contribution in [1.29, 1.82) is 0 Å². The highest BCUT2D eigenvalue weighted by atomic mass is 15.1. The first-order chi connectivity index (χ1) is 35.7. The first-order valence-corrected chi connectivity index (χ1v) is 24.6. The van der Waals surface area contributed by atoms with E-state index in [1.807, 2.05) is 24.5 Å². The molecule has 0 spiro atoms. The number of aromatic nitrogens is 3. The summed E-state index contributed by atoms with van der Waals surface area (Å²) < 4.78 is 2.39. The van der Waals surface area contributed by atoms with Gasteiger partial charge < -0.3 is 9.47 Å². The molecule has 3 heterocycles. The Hall–Kier alpha value is -9.64. The fourth-order valence-corrected chi connectivity index (χ4v) is 11.3. The van der Waals surface area contributed by atoms with Crippen molar-refractivity contribution in [2.75, 3.05) is 4.90 Å². The van der Waals surface area contributed by atoms with Crippen molar-refractivity contribution in [3.63, 3.8) is 0 Å². The van der Waals surface area contributed by atoms with Crippen LogP contribution in [0.3, 0.4) is 0 Å². The fraction of sp³-hybridized carbons (Fsp3) is 0. The van der Waals surface area contributed by atoms with Crippen molar-refractivity contribution >= 4 is 82.2 Å². The summed E-state index contributed by atoms with van der Waals surface area (Å²) in [5.74, 6) is 0. The fourth-order valence-electron chi connectivity index (χ4n) is 11.3. The van der Waals surface area contributed by atoms with Crippen LogP contribution in [-0.4, -0.2) is 14.5 Å². The SMILES string of the molecule is c1ccc(N(c2ccc3c(c2)c2ccccc2n3-c2ccccc2)c2cccc3c(-c4ccccc4-c4ccc5cccnc5c4)c4ccccc4c(-c4ccccc4-c4ccc5cccnc5c4)c23)cc1. The molecular formula is C68H44N4. The highest BCUT2D eigenvalue weighted by Crippen LogP contribution is 2.53. The topological polar surface area (TPSA) is 34.0 Å². The van der Waals surface area contributed by atoms with Crippen molar-refractivity contribution < 1.29 is 0 Å². The Morgan fingerprint density at radius 1 is 0.319 bits per heavy atom. The average molecular weight is 917 g/mol. The Bertz CT molecular complexity index is 4400. The zero-order chi connectivity index (χ0) is 47.5. The highest BCUT2D eigenvalue weighted by Gasteiger charge is 2.26. The second-order valence-corrected chi connectivity index (χ2v) is 18.5. The van der Waals surface area contributed by atoms with E-state index in [0.717, 1.165) is 94.2 Å². The summed E-state index contributed by atoms with van der Waals surface area (Å²) in [5.41, 5.74) is 17.8. The Morgan fingerprint density at radius 3 is 1.51 bits per heavy atom. The molecule has 0 aliphatic carbocycles. The first-order valence-electron chi connectivity index (χ1n) is 24.6. The molecule has 0 saturated heterocycles. The van der Waals surface area contributed by atoms with Crippen LogP contribution in [-0.2, 0) is 0 Å². The lowest BCUT2D eigenvalue weighted by molar-refractivity contribution is 1.18. The lowest BCUT2D eigenvalue weighted by atomic mass is 9.81. The minimum atomic E-state index is 0.968. The van der Waals surface area contributed by atoms with Crippen LogP contribution in [0.25, 0.3) is 115 Å². The van der Waals surface area contributed by atoms with Gasteiger partial charge in [-0.2, -0.15) is 0 Å². The molecule has 72 heavy (non-hydrogen) atoms. The summed E-state index contributed by atoms with van der Waals surface area (Å²) in [6, 6.07) is 92.7.